The van der Waals surface area contributed by atoms with Gasteiger partial charge < -0.3 is 10.1 Å². The molecule has 2 aromatic heterocycles. The van der Waals surface area contributed by atoms with Crippen LogP contribution in [0.4, 0.5) is 16.4 Å². The zero-order valence-corrected chi connectivity index (χ0v) is 16.4. The molecule has 8 heteroatoms. The van der Waals surface area contributed by atoms with E-state index < -0.39 is 0 Å². The molecule has 3 heterocycles. The number of carbonyl (C=O) groups is 1. The smallest absolute Gasteiger partial charge is 0.416 e. The fraction of sp³-hybridized carbons (Fsp3) is 0.444. The molecule has 2 fully saturated rings. The molecule has 1 saturated carbocycles. The first kappa shape index (κ1) is 17.4. The van der Waals surface area contributed by atoms with Gasteiger partial charge in [-0.25, -0.2) is 9.78 Å². The molecule has 7 nitrogen and oxygen atoms in total. The Morgan fingerprint density at radius 1 is 1.23 bits per heavy atom. The van der Waals surface area contributed by atoms with Gasteiger partial charge >= 0.3 is 6.09 Å². The third-order valence-electron chi connectivity index (χ3n) is 5.12. The van der Waals surface area contributed by atoms with E-state index in [0.717, 1.165) is 41.7 Å². The van der Waals surface area contributed by atoms with Gasteiger partial charge in [-0.2, -0.15) is 0 Å². The van der Waals surface area contributed by atoms with Crippen molar-refractivity contribution < 1.29 is 9.53 Å². The summed E-state index contributed by atoms with van der Waals surface area (Å²) in [5.74, 6) is 2.01. The Balaban J connectivity index is 1.32. The number of carbonyl (C=O) groups excluding carboxylic acids is 1. The normalized spacial score (nSPS) is 25.3. The van der Waals surface area contributed by atoms with Crippen LogP contribution >= 0.6 is 22.6 Å². The zero-order valence-electron chi connectivity index (χ0n) is 14.3. The first-order valence-electron chi connectivity index (χ1n) is 8.78. The van der Waals surface area contributed by atoms with Crippen LogP contribution in [0.15, 0.2) is 36.5 Å². The van der Waals surface area contributed by atoms with Crippen molar-refractivity contribution >= 4 is 40.3 Å². The summed E-state index contributed by atoms with van der Waals surface area (Å²) in [5.41, 5.74) is -0.367. The van der Waals surface area contributed by atoms with E-state index in [2.05, 4.69) is 43.1 Å². The highest BCUT2D eigenvalue weighted by Gasteiger charge is 2.47. The number of nitrogens with zero attached hydrogens (tertiary/aromatic N) is 4. The van der Waals surface area contributed by atoms with Gasteiger partial charge in [0, 0.05) is 12.7 Å². The number of hydrogen-bond donors (Lipinski definition) is 1. The summed E-state index contributed by atoms with van der Waals surface area (Å²) in [6.45, 7) is 1.45. The maximum atomic E-state index is 12.3. The predicted molar refractivity (Wildman–Crippen MR) is 106 cm³/mol. The molecule has 2 aromatic rings. The minimum absolute atomic E-state index is 0.283. The van der Waals surface area contributed by atoms with Crippen molar-refractivity contribution in [3.63, 3.8) is 0 Å². The molecule has 2 aliphatic rings. The van der Waals surface area contributed by atoms with Crippen molar-refractivity contribution in [2.75, 3.05) is 23.3 Å². The Labute approximate surface area is 165 Å². The van der Waals surface area contributed by atoms with E-state index in [1.165, 1.54) is 0 Å². The van der Waals surface area contributed by atoms with Gasteiger partial charge in [-0.15, -0.1) is 10.2 Å². The predicted octanol–water partition coefficient (Wildman–Crippen LogP) is 3.47. The maximum absolute atomic E-state index is 12.3. The van der Waals surface area contributed by atoms with E-state index in [4.69, 9.17) is 4.74 Å². The van der Waals surface area contributed by atoms with Gasteiger partial charge in [0.05, 0.1) is 6.54 Å². The molecule has 0 bridgehead atoms. The summed E-state index contributed by atoms with van der Waals surface area (Å²) in [6.07, 6.45) is 5.22. The summed E-state index contributed by atoms with van der Waals surface area (Å²) in [5, 5.41) is 11.5. The van der Waals surface area contributed by atoms with E-state index in [1.54, 1.807) is 11.1 Å². The fourth-order valence-corrected chi connectivity index (χ4v) is 3.93. The Bertz CT molecular complexity index is 763. The monoisotopic (exact) mass is 465 g/mol. The molecule has 1 N–H and O–H groups in total. The highest BCUT2D eigenvalue weighted by atomic mass is 127. The minimum atomic E-state index is -0.367. The van der Waals surface area contributed by atoms with E-state index in [0.29, 0.717) is 18.3 Å². The maximum Gasteiger partial charge on any atom is 0.416 e. The van der Waals surface area contributed by atoms with Crippen LogP contribution in [0.1, 0.15) is 25.7 Å². The molecule has 1 aliphatic carbocycles. The van der Waals surface area contributed by atoms with Crippen molar-refractivity contribution in [2.24, 2.45) is 5.92 Å². The summed E-state index contributed by atoms with van der Waals surface area (Å²) in [6, 6.07) is 9.46. The van der Waals surface area contributed by atoms with Crippen LogP contribution in [-0.2, 0) is 4.74 Å². The molecule has 1 amide bonds. The molecule has 0 radical (unpaired) electrons. The van der Waals surface area contributed by atoms with Crippen LogP contribution in [0.2, 0.25) is 0 Å². The number of halogens is 1. The topological polar surface area (TPSA) is 80.2 Å². The van der Waals surface area contributed by atoms with Crippen LogP contribution in [0.25, 0.3) is 0 Å². The summed E-state index contributed by atoms with van der Waals surface area (Å²) < 4.78 is 6.67. The molecule has 0 atom stereocenters. The van der Waals surface area contributed by atoms with Gasteiger partial charge in [0.25, 0.3) is 0 Å². The lowest BCUT2D eigenvalue weighted by Gasteiger charge is -2.35. The quantitative estimate of drug-likeness (QED) is 0.697. The molecule has 1 saturated heterocycles. The summed E-state index contributed by atoms with van der Waals surface area (Å²) in [7, 11) is 0. The number of hydrogen-bond acceptors (Lipinski definition) is 6. The summed E-state index contributed by atoms with van der Waals surface area (Å²) in [4.78, 5) is 18.2. The summed E-state index contributed by atoms with van der Waals surface area (Å²) >= 11 is 2.14. The van der Waals surface area contributed by atoms with E-state index >= 15 is 0 Å². The molecular formula is C18H20IN5O2. The van der Waals surface area contributed by atoms with Crippen molar-refractivity contribution in [3.8, 4) is 0 Å². The van der Waals surface area contributed by atoms with Crippen molar-refractivity contribution in [3.05, 3.63) is 40.2 Å². The second-order valence-corrected chi connectivity index (χ2v) is 8.00. The van der Waals surface area contributed by atoms with Crippen LogP contribution < -0.4 is 10.2 Å². The molecule has 136 valence electrons. The number of rotatable bonds is 4. The van der Waals surface area contributed by atoms with E-state index in [-0.39, 0.29) is 11.7 Å². The van der Waals surface area contributed by atoms with Crippen LogP contribution in [-0.4, -0.2) is 40.0 Å². The van der Waals surface area contributed by atoms with Gasteiger partial charge in [-0.1, -0.05) is 6.07 Å². The van der Waals surface area contributed by atoms with Crippen LogP contribution in [0.5, 0.6) is 0 Å². The fourth-order valence-electron chi connectivity index (χ4n) is 3.64. The molecular weight excluding hydrogens is 445 g/mol. The molecule has 1 spiro atoms. The highest BCUT2D eigenvalue weighted by Crippen LogP contribution is 2.40. The number of amides is 1. The Morgan fingerprint density at radius 2 is 2.08 bits per heavy atom. The molecule has 0 unspecified atom stereocenters. The minimum Gasteiger partial charge on any atom is -0.441 e. The lowest BCUT2D eigenvalue weighted by Crippen LogP contribution is -2.39. The zero-order chi connectivity index (χ0) is 18.0. The van der Waals surface area contributed by atoms with Crippen molar-refractivity contribution in [1.29, 1.82) is 0 Å². The van der Waals surface area contributed by atoms with Gasteiger partial charge in [0.2, 0.25) is 0 Å². The molecule has 0 aromatic carbocycles. The Hall–Kier alpha value is -1.97. The van der Waals surface area contributed by atoms with Gasteiger partial charge in [-0.05, 0) is 78.5 Å². The number of nitrogens with one attached hydrogen (secondary N) is 1. The van der Waals surface area contributed by atoms with Gasteiger partial charge in [-0.3, -0.25) is 4.90 Å². The number of pyridine rings is 1. The number of aromatic nitrogens is 3. The number of ether oxygens (including phenoxy) is 1. The number of anilines is 2. The lowest BCUT2D eigenvalue weighted by molar-refractivity contribution is 0.0148. The second-order valence-electron chi connectivity index (χ2n) is 6.89. The average Bonchev–Trinajstić information content (AvgIpc) is 2.99. The van der Waals surface area contributed by atoms with Crippen LogP contribution in [0, 0.1) is 9.62 Å². The molecule has 4 rings (SSSR count). The molecule has 1 aliphatic heterocycles. The Kier molecular flexibility index (Phi) is 4.92. The van der Waals surface area contributed by atoms with Gasteiger partial charge in [0.1, 0.15) is 20.9 Å². The third-order valence-corrected chi connectivity index (χ3v) is 5.69. The molecule has 26 heavy (non-hydrogen) atoms. The SMILES string of the molecule is O=C1OC2(CCC(CNc3ccc(I)nn3)CC2)CN1c1ccccn1. The third kappa shape index (κ3) is 3.74. The van der Waals surface area contributed by atoms with E-state index in [9.17, 15) is 4.79 Å². The second kappa shape index (κ2) is 7.34. The largest absolute Gasteiger partial charge is 0.441 e. The average molecular weight is 465 g/mol. The lowest BCUT2D eigenvalue weighted by atomic mass is 9.78. The standard InChI is InChI=1S/C18H20IN5O2/c19-14-4-5-15(23-22-14)21-11-13-6-8-18(9-7-13)12-24(17(25)26-18)16-3-1-2-10-20-16/h1-5,10,13H,6-9,11-12H2,(H,21,23). The van der Waals surface area contributed by atoms with E-state index in [1.807, 2.05) is 30.3 Å². The van der Waals surface area contributed by atoms with Crippen molar-refractivity contribution in [1.82, 2.24) is 15.2 Å². The highest BCUT2D eigenvalue weighted by molar-refractivity contribution is 14.1. The first-order chi connectivity index (χ1) is 12.6. The van der Waals surface area contributed by atoms with Crippen LogP contribution in [0.3, 0.4) is 0 Å². The van der Waals surface area contributed by atoms with Crippen molar-refractivity contribution in [2.45, 2.75) is 31.3 Å². The first-order valence-corrected chi connectivity index (χ1v) is 9.86. The Morgan fingerprint density at radius 3 is 2.77 bits per heavy atom. The van der Waals surface area contributed by atoms with Gasteiger partial charge in [0.15, 0.2) is 0 Å².